The summed E-state index contributed by atoms with van der Waals surface area (Å²) in [5.74, 6) is 0.373. The molecule has 4 rings (SSSR count). The SMILES string of the molecule is O=C(O)c1ccccc1-c1ccc(CN2CCCC2c2cc(CO)[nH]n2)o1. The monoisotopic (exact) mass is 367 g/mol. The molecule has 140 valence electrons. The summed E-state index contributed by atoms with van der Waals surface area (Å²) >= 11 is 0. The number of aromatic carboxylic acids is 1. The highest BCUT2D eigenvalue weighted by molar-refractivity contribution is 5.95. The normalized spacial score (nSPS) is 17.4. The lowest BCUT2D eigenvalue weighted by Gasteiger charge is -2.21. The number of likely N-dealkylation sites (tertiary alicyclic amines) is 1. The van der Waals surface area contributed by atoms with Gasteiger partial charge in [0.05, 0.1) is 36.1 Å². The molecule has 7 nitrogen and oxygen atoms in total. The second-order valence-electron chi connectivity index (χ2n) is 6.72. The van der Waals surface area contributed by atoms with Gasteiger partial charge in [-0.05, 0) is 43.7 Å². The minimum Gasteiger partial charge on any atom is -0.478 e. The fourth-order valence-corrected chi connectivity index (χ4v) is 3.67. The second-order valence-corrected chi connectivity index (χ2v) is 6.72. The molecule has 0 spiro atoms. The van der Waals surface area contributed by atoms with E-state index >= 15 is 0 Å². The average Bonchev–Trinajstić information content (AvgIpc) is 3.42. The van der Waals surface area contributed by atoms with Gasteiger partial charge in [0.15, 0.2) is 0 Å². The van der Waals surface area contributed by atoms with Crippen LogP contribution in [0.4, 0.5) is 0 Å². The fourth-order valence-electron chi connectivity index (χ4n) is 3.67. The van der Waals surface area contributed by atoms with Crippen LogP contribution >= 0.6 is 0 Å². The van der Waals surface area contributed by atoms with Crippen molar-refractivity contribution >= 4 is 5.97 Å². The molecule has 1 saturated heterocycles. The van der Waals surface area contributed by atoms with Gasteiger partial charge < -0.3 is 14.6 Å². The predicted molar refractivity (Wildman–Crippen MR) is 98.0 cm³/mol. The van der Waals surface area contributed by atoms with Crippen LogP contribution < -0.4 is 0 Å². The lowest BCUT2D eigenvalue weighted by Crippen LogP contribution is -2.22. The van der Waals surface area contributed by atoms with Gasteiger partial charge in [0.2, 0.25) is 0 Å². The lowest BCUT2D eigenvalue weighted by atomic mass is 10.1. The van der Waals surface area contributed by atoms with Crippen LogP contribution in [0.1, 0.15) is 46.4 Å². The Morgan fingerprint density at radius 1 is 1.30 bits per heavy atom. The molecule has 2 aromatic heterocycles. The number of aliphatic hydroxyl groups is 1. The molecule has 1 atom stereocenters. The Hall–Kier alpha value is -2.90. The third-order valence-corrected chi connectivity index (χ3v) is 4.97. The van der Waals surface area contributed by atoms with Crippen LogP contribution in [0.2, 0.25) is 0 Å². The van der Waals surface area contributed by atoms with Gasteiger partial charge in [-0.3, -0.25) is 10.00 Å². The molecule has 27 heavy (non-hydrogen) atoms. The number of carboxylic acid groups (broad SMARTS) is 1. The molecule has 0 aliphatic carbocycles. The molecule has 1 unspecified atom stereocenters. The first kappa shape index (κ1) is 17.5. The third kappa shape index (κ3) is 3.51. The second kappa shape index (κ2) is 7.38. The van der Waals surface area contributed by atoms with Crippen molar-refractivity contribution < 1.29 is 19.4 Å². The fraction of sp³-hybridized carbons (Fsp3) is 0.300. The highest BCUT2D eigenvalue weighted by atomic mass is 16.4. The van der Waals surface area contributed by atoms with Gasteiger partial charge in [-0.1, -0.05) is 18.2 Å². The molecule has 1 aromatic carbocycles. The van der Waals surface area contributed by atoms with E-state index in [1.54, 1.807) is 24.3 Å². The maximum Gasteiger partial charge on any atom is 0.336 e. The molecule has 1 fully saturated rings. The Kier molecular flexibility index (Phi) is 4.79. The van der Waals surface area contributed by atoms with Crippen molar-refractivity contribution in [2.75, 3.05) is 6.54 Å². The topological polar surface area (TPSA) is 103 Å². The number of carboxylic acids is 1. The van der Waals surface area contributed by atoms with Gasteiger partial charge in [-0.15, -0.1) is 0 Å². The number of benzene rings is 1. The van der Waals surface area contributed by atoms with Crippen molar-refractivity contribution in [1.29, 1.82) is 0 Å². The number of aliphatic hydroxyl groups excluding tert-OH is 1. The van der Waals surface area contributed by atoms with E-state index in [-0.39, 0.29) is 18.2 Å². The molecule has 3 heterocycles. The van der Waals surface area contributed by atoms with Crippen molar-refractivity contribution in [3.05, 3.63) is 65.2 Å². The maximum absolute atomic E-state index is 11.4. The first-order valence-corrected chi connectivity index (χ1v) is 8.96. The molecule has 3 aromatic rings. The third-order valence-electron chi connectivity index (χ3n) is 4.97. The van der Waals surface area contributed by atoms with E-state index in [4.69, 9.17) is 4.42 Å². The molecule has 0 bridgehead atoms. The Morgan fingerprint density at radius 2 is 2.15 bits per heavy atom. The number of aromatic nitrogens is 2. The predicted octanol–water partition coefficient (Wildman–Crippen LogP) is 3.20. The van der Waals surface area contributed by atoms with Crippen molar-refractivity contribution in [3.63, 3.8) is 0 Å². The number of hydrogen-bond donors (Lipinski definition) is 3. The quantitative estimate of drug-likeness (QED) is 0.618. The van der Waals surface area contributed by atoms with E-state index in [1.807, 2.05) is 18.2 Å². The van der Waals surface area contributed by atoms with E-state index in [1.165, 1.54) is 0 Å². The number of nitrogens with one attached hydrogen (secondary N) is 1. The van der Waals surface area contributed by atoms with Gasteiger partial charge in [0.1, 0.15) is 11.5 Å². The van der Waals surface area contributed by atoms with E-state index < -0.39 is 5.97 Å². The number of carbonyl (C=O) groups is 1. The van der Waals surface area contributed by atoms with Crippen LogP contribution in [0.5, 0.6) is 0 Å². The standard InChI is InChI=1S/C20H21N3O4/c24-12-13-10-17(22-21-13)18-6-3-9-23(18)11-14-7-8-19(27-14)15-4-1-2-5-16(15)20(25)26/h1-2,4-5,7-8,10,18,24H,3,6,9,11-12H2,(H,21,22)(H,25,26). The van der Waals surface area contributed by atoms with Gasteiger partial charge in [0, 0.05) is 5.56 Å². The zero-order chi connectivity index (χ0) is 18.8. The van der Waals surface area contributed by atoms with Crippen LogP contribution in [0.15, 0.2) is 46.9 Å². The van der Waals surface area contributed by atoms with Crippen LogP contribution in [-0.4, -0.2) is 37.8 Å². The Labute approximate surface area is 156 Å². The van der Waals surface area contributed by atoms with E-state index in [0.29, 0.717) is 23.6 Å². The van der Waals surface area contributed by atoms with Gasteiger partial charge in [-0.2, -0.15) is 5.10 Å². The Balaban J connectivity index is 1.53. The Bertz CT molecular complexity index is 946. The van der Waals surface area contributed by atoms with E-state index in [0.717, 1.165) is 30.8 Å². The number of hydrogen-bond acceptors (Lipinski definition) is 5. The van der Waals surface area contributed by atoms with Crippen molar-refractivity contribution in [2.45, 2.75) is 32.0 Å². The number of furan rings is 1. The molecule has 0 radical (unpaired) electrons. The minimum atomic E-state index is -0.971. The highest BCUT2D eigenvalue weighted by Crippen LogP contribution is 2.33. The van der Waals surface area contributed by atoms with Gasteiger partial charge in [0.25, 0.3) is 0 Å². The zero-order valence-electron chi connectivity index (χ0n) is 14.8. The summed E-state index contributed by atoms with van der Waals surface area (Å²) in [5, 5.41) is 25.8. The van der Waals surface area contributed by atoms with Crippen LogP contribution in [0, 0.1) is 0 Å². The van der Waals surface area contributed by atoms with Crippen LogP contribution in [0.25, 0.3) is 11.3 Å². The summed E-state index contributed by atoms with van der Waals surface area (Å²) in [4.78, 5) is 13.7. The summed E-state index contributed by atoms with van der Waals surface area (Å²) < 4.78 is 5.96. The highest BCUT2D eigenvalue weighted by Gasteiger charge is 2.29. The molecule has 3 N–H and O–H groups in total. The summed E-state index contributed by atoms with van der Waals surface area (Å²) in [5.41, 5.74) is 2.45. The largest absolute Gasteiger partial charge is 0.478 e. The molecule has 0 saturated carbocycles. The Morgan fingerprint density at radius 3 is 2.93 bits per heavy atom. The number of nitrogens with zero attached hydrogens (tertiary/aromatic N) is 2. The lowest BCUT2D eigenvalue weighted by molar-refractivity contribution is 0.0697. The van der Waals surface area contributed by atoms with Crippen molar-refractivity contribution in [2.24, 2.45) is 0 Å². The molecular weight excluding hydrogens is 346 g/mol. The first-order valence-electron chi connectivity index (χ1n) is 8.96. The number of H-pyrrole nitrogens is 1. The molecular formula is C20H21N3O4. The number of rotatable bonds is 6. The smallest absolute Gasteiger partial charge is 0.336 e. The summed E-state index contributed by atoms with van der Waals surface area (Å²) in [6.07, 6.45) is 2.08. The van der Waals surface area contributed by atoms with Gasteiger partial charge in [-0.25, -0.2) is 4.79 Å². The van der Waals surface area contributed by atoms with Crippen molar-refractivity contribution in [1.82, 2.24) is 15.1 Å². The summed E-state index contributed by atoms with van der Waals surface area (Å²) in [7, 11) is 0. The maximum atomic E-state index is 11.4. The summed E-state index contributed by atoms with van der Waals surface area (Å²) in [6.45, 7) is 1.51. The summed E-state index contributed by atoms with van der Waals surface area (Å²) in [6, 6.07) is 12.6. The first-order chi connectivity index (χ1) is 13.2. The molecule has 7 heteroatoms. The van der Waals surface area contributed by atoms with E-state index in [2.05, 4.69) is 15.1 Å². The van der Waals surface area contributed by atoms with Gasteiger partial charge >= 0.3 is 5.97 Å². The number of aromatic amines is 1. The van der Waals surface area contributed by atoms with Crippen LogP contribution in [-0.2, 0) is 13.2 Å². The molecule has 1 aliphatic rings. The average molecular weight is 367 g/mol. The van der Waals surface area contributed by atoms with Crippen LogP contribution in [0.3, 0.4) is 0 Å². The minimum absolute atomic E-state index is 0.0513. The zero-order valence-corrected chi connectivity index (χ0v) is 14.8. The van der Waals surface area contributed by atoms with E-state index in [9.17, 15) is 15.0 Å². The molecule has 0 amide bonds. The molecule has 1 aliphatic heterocycles. The van der Waals surface area contributed by atoms with Crippen molar-refractivity contribution in [3.8, 4) is 11.3 Å².